The Labute approximate surface area is 137 Å². The largest absolute Gasteiger partial charge is 0.484 e. The first kappa shape index (κ1) is 16.3. The summed E-state index contributed by atoms with van der Waals surface area (Å²) in [5, 5.41) is 7.83. The number of benzene rings is 1. The van der Waals surface area contributed by atoms with Gasteiger partial charge in [0.15, 0.2) is 6.61 Å². The molecule has 2 N–H and O–H groups in total. The second-order valence-electron chi connectivity index (χ2n) is 4.33. The summed E-state index contributed by atoms with van der Waals surface area (Å²) in [5.41, 5.74) is 0. The summed E-state index contributed by atoms with van der Waals surface area (Å²) in [5.74, 6) is 0.188. The lowest BCUT2D eigenvalue weighted by Gasteiger charge is -2.08. The first-order valence-corrected chi connectivity index (χ1v) is 7.87. The molecule has 0 atom stereocenters. The van der Waals surface area contributed by atoms with Crippen LogP contribution in [-0.4, -0.2) is 31.5 Å². The molecular formula is C15H15ClN2O3S. The Kier molecular flexibility index (Phi) is 6.24. The molecule has 2 aromatic rings. The molecule has 0 saturated carbocycles. The van der Waals surface area contributed by atoms with E-state index in [9.17, 15) is 9.59 Å². The van der Waals surface area contributed by atoms with Crippen molar-refractivity contribution in [3.8, 4) is 5.75 Å². The van der Waals surface area contributed by atoms with Crippen LogP contribution in [-0.2, 0) is 4.79 Å². The summed E-state index contributed by atoms with van der Waals surface area (Å²) in [6.45, 7) is 0.629. The van der Waals surface area contributed by atoms with Crippen molar-refractivity contribution < 1.29 is 14.3 Å². The van der Waals surface area contributed by atoms with Crippen LogP contribution in [0.5, 0.6) is 5.75 Å². The molecule has 0 radical (unpaired) electrons. The van der Waals surface area contributed by atoms with Crippen LogP contribution in [0.25, 0.3) is 0 Å². The van der Waals surface area contributed by atoms with Crippen molar-refractivity contribution in [3.63, 3.8) is 0 Å². The molecule has 5 nitrogen and oxygen atoms in total. The molecule has 0 aliphatic carbocycles. The van der Waals surface area contributed by atoms with Gasteiger partial charge in [-0.2, -0.15) is 0 Å². The quantitative estimate of drug-likeness (QED) is 0.761. The highest BCUT2D eigenvalue weighted by Crippen LogP contribution is 2.15. The van der Waals surface area contributed by atoms with Gasteiger partial charge in [-0.1, -0.05) is 17.7 Å². The number of carbonyl (C=O) groups excluding carboxylic acids is 2. The summed E-state index contributed by atoms with van der Waals surface area (Å²) in [6.07, 6.45) is 0. The van der Waals surface area contributed by atoms with E-state index in [1.54, 1.807) is 30.3 Å². The average Bonchev–Trinajstić information content (AvgIpc) is 3.05. The Balaban J connectivity index is 1.59. The second kappa shape index (κ2) is 8.41. The van der Waals surface area contributed by atoms with E-state index in [4.69, 9.17) is 16.3 Å². The number of hydrogen-bond acceptors (Lipinski definition) is 4. The van der Waals surface area contributed by atoms with Crippen LogP contribution in [0.3, 0.4) is 0 Å². The summed E-state index contributed by atoms with van der Waals surface area (Å²) >= 11 is 7.13. The molecule has 0 aliphatic heterocycles. The van der Waals surface area contributed by atoms with Gasteiger partial charge in [-0.3, -0.25) is 9.59 Å². The molecule has 0 bridgehead atoms. The van der Waals surface area contributed by atoms with Crippen molar-refractivity contribution >= 4 is 34.8 Å². The fraction of sp³-hybridized carbons (Fsp3) is 0.200. The summed E-state index contributed by atoms with van der Waals surface area (Å²) < 4.78 is 5.30. The molecular weight excluding hydrogens is 324 g/mol. The van der Waals surface area contributed by atoms with Crippen molar-refractivity contribution in [1.82, 2.24) is 10.6 Å². The number of rotatable bonds is 7. The normalized spacial score (nSPS) is 10.0. The van der Waals surface area contributed by atoms with Gasteiger partial charge in [0.25, 0.3) is 11.8 Å². The predicted molar refractivity (Wildman–Crippen MR) is 86.6 cm³/mol. The van der Waals surface area contributed by atoms with Crippen LogP contribution < -0.4 is 15.4 Å². The van der Waals surface area contributed by atoms with Gasteiger partial charge in [-0.25, -0.2) is 0 Å². The highest BCUT2D eigenvalue weighted by atomic mass is 35.5. The van der Waals surface area contributed by atoms with Gasteiger partial charge >= 0.3 is 0 Å². The molecule has 22 heavy (non-hydrogen) atoms. The Morgan fingerprint density at radius 3 is 2.50 bits per heavy atom. The van der Waals surface area contributed by atoms with E-state index in [-0.39, 0.29) is 18.4 Å². The Bertz CT molecular complexity index is 614. The number of nitrogens with one attached hydrogen (secondary N) is 2. The minimum Gasteiger partial charge on any atom is -0.484 e. The maximum Gasteiger partial charge on any atom is 0.261 e. The third-order valence-electron chi connectivity index (χ3n) is 2.66. The maximum absolute atomic E-state index is 11.6. The Morgan fingerprint density at radius 2 is 1.82 bits per heavy atom. The van der Waals surface area contributed by atoms with Crippen LogP contribution in [0.1, 0.15) is 9.67 Å². The molecule has 2 rings (SSSR count). The molecule has 7 heteroatoms. The van der Waals surface area contributed by atoms with Crippen molar-refractivity contribution in [3.05, 3.63) is 51.7 Å². The number of thiophene rings is 1. The number of amides is 2. The molecule has 0 aliphatic rings. The number of carbonyl (C=O) groups is 2. The first-order valence-electron chi connectivity index (χ1n) is 6.62. The first-order chi connectivity index (χ1) is 10.6. The van der Waals surface area contributed by atoms with Crippen LogP contribution >= 0.6 is 22.9 Å². The van der Waals surface area contributed by atoms with Gasteiger partial charge in [0.2, 0.25) is 0 Å². The van der Waals surface area contributed by atoms with E-state index in [1.165, 1.54) is 11.3 Å². The second-order valence-corrected chi connectivity index (χ2v) is 5.71. The van der Waals surface area contributed by atoms with Gasteiger partial charge in [0.05, 0.1) is 4.88 Å². The van der Waals surface area contributed by atoms with Gasteiger partial charge in [-0.15, -0.1) is 11.3 Å². The molecule has 0 saturated heterocycles. The zero-order valence-corrected chi connectivity index (χ0v) is 13.2. The molecule has 1 aromatic heterocycles. The van der Waals surface area contributed by atoms with E-state index >= 15 is 0 Å². The third kappa shape index (κ3) is 5.38. The van der Waals surface area contributed by atoms with Crippen molar-refractivity contribution in [1.29, 1.82) is 0 Å². The monoisotopic (exact) mass is 338 g/mol. The van der Waals surface area contributed by atoms with Crippen LogP contribution in [0.4, 0.5) is 0 Å². The van der Waals surface area contributed by atoms with E-state index in [0.29, 0.717) is 28.7 Å². The smallest absolute Gasteiger partial charge is 0.261 e. The summed E-state index contributed by atoms with van der Waals surface area (Å²) in [4.78, 5) is 23.9. The molecule has 0 unspecified atom stereocenters. The third-order valence-corrected chi connectivity index (χ3v) is 3.78. The topological polar surface area (TPSA) is 67.4 Å². The minimum absolute atomic E-state index is 0.0828. The molecule has 1 heterocycles. The van der Waals surface area contributed by atoms with Gasteiger partial charge in [-0.05, 0) is 35.7 Å². The van der Waals surface area contributed by atoms with Gasteiger partial charge in [0, 0.05) is 18.1 Å². The van der Waals surface area contributed by atoms with Gasteiger partial charge in [0.1, 0.15) is 5.75 Å². The fourth-order valence-electron chi connectivity index (χ4n) is 1.60. The standard InChI is InChI=1S/C15H15ClN2O3S/c16-11-3-5-12(6-4-11)21-10-14(19)17-7-8-18-15(20)13-2-1-9-22-13/h1-6,9H,7-8,10H2,(H,17,19)(H,18,20). The zero-order valence-electron chi connectivity index (χ0n) is 11.7. The average molecular weight is 339 g/mol. The zero-order chi connectivity index (χ0) is 15.8. The van der Waals surface area contributed by atoms with Crippen molar-refractivity contribution in [2.75, 3.05) is 19.7 Å². The van der Waals surface area contributed by atoms with Gasteiger partial charge < -0.3 is 15.4 Å². The molecule has 0 spiro atoms. The van der Waals surface area contributed by atoms with Crippen LogP contribution in [0.2, 0.25) is 5.02 Å². The number of hydrogen-bond donors (Lipinski definition) is 2. The maximum atomic E-state index is 11.6. The fourth-order valence-corrected chi connectivity index (χ4v) is 2.37. The van der Waals surface area contributed by atoms with Crippen LogP contribution in [0, 0.1) is 0 Å². The Hall–Kier alpha value is -2.05. The number of halogens is 1. The van der Waals surface area contributed by atoms with E-state index in [1.807, 2.05) is 11.4 Å². The van der Waals surface area contributed by atoms with E-state index in [0.717, 1.165) is 0 Å². The van der Waals surface area contributed by atoms with Crippen molar-refractivity contribution in [2.24, 2.45) is 0 Å². The molecule has 116 valence electrons. The molecule has 1 aromatic carbocycles. The summed E-state index contributed by atoms with van der Waals surface area (Å²) in [6, 6.07) is 10.3. The minimum atomic E-state index is -0.250. The van der Waals surface area contributed by atoms with E-state index in [2.05, 4.69) is 10.6 Å². The van der Waals surface area contributed by atoms with Crippen molar-refractivity contribution in [2.45, 2.75) is 0 Å². The number of ether oxygens (including phenoxy) is 1. The SMILES string of the molecule is O=C(COc1ccc(Cl)cc1)NCCNC(=O)c1cccs1. The molecule has 2 amide bonds. The summed E-state index contributed by atoms with van der Waals surface area (Å²) in [7, 11) is 0. The highest BCUT2D eigenvalue weighted by Gasteiger charge is 2.06. The van der Waals surface area contributed by atoms with Crippen LogP contribution in [0.15, 0.2) is 41.8 Å². The van der Waals surface area contributed by atoms with E-state index < -0.39 is 0 Å². The highest BCUT2D eigenvalue weighted by molar-refractivity contribution is 7.12. The Morgan fingerprint density at radius 1 is 1.09 bits per heavy atom. The lowest BCUT2D eigenvalue weighted by molar-refractivity contribution is -0.123. The lowest BCUT2D eigenvalue weighted by atomic mass is 10.3. The predicted octanol–water partition coefficient (Wildman–Crippen LogP) is 2.33. The lowest BCUT2D eigenvalue weighted by Crippen LogP contribution is -2.36. The molecule has 0 fully saturated rings.